The Labute approximate surface area is 197 Å². The molecule has 0 aliphatic heterocycles. The average molecular weight is 424 g/mol. The van der Waals surface area contributed by atoms with Crippen molar-refractivity contribution in [1.82, 2.24) is 0 Å². The molecule has 0 unspecified atom stereocenters. The number of rotatable bonds is 1. The third-order valence-corrected chi connectivity index (χ3v) is 8.28. The summed E-state index contributed by atoms with van der Waals surface area (Å²) in [5, 5.41) is 2.56. The molecule has 1 aromatic heterocycles. The second-order valence-corrected chi connectivity index (χ2v) is 10.5. The van der Waals surface area contributed by atoms with Crippen LogP contribution in [0.25, 0.3) is 33.2 Å². The molecule has 162 valence electrons. The maximum atomic E-state index is 7.90. The van der Waals surface area contributed by atoms with Crippen molar-refractivity contribution in [3.05, 3.63) is 88.6 Å². The molecule has 0 N–H and O–H groups in total. The van der Waals surface area contributed by atoms with E-state index in [4.69, 9.17) is 4.11 Å². The normalized spacial score (nSPS) is 17.8. The molecule has 0 radical (unpaired) electrons. The van der Waals surface area contributed by atoms with Crippen LogP contribution in [0.5, 0.6) is 0 Å². The Hall–Kier alpha value is -2.93. The molecule has 0 atom stereocenters. The van der Waals surface area contributed by atoms with Gasteiger partial charge in [0.25, 0.3) is 0 Å². The molecule has 32 heavy (non-hydrogen) atoms. The molecule has 1 aliphatic rings. The van der Waals surface area contributed by atoms with Crippen LogP contribution in [-0.2, 0) is 17.9 Å². The lowest BCUT2D eigenvalue weighted by Crippen LogP contribution is -2.44. The number of fused-ring (bicyclic) bond motifs is 5. The van der Waals surface area contributed by atoms with Crippen molar-refractivity contribution < 1.29 is 8.68 Å². The summed E-state index contributed by atoms with van der Waals surface area (Å²) >= 11 is 0. The molecule has 0 fully saturated rings. The minimum atomic E-state index is -2.12. The van der Waals surface area contributed by atoms with Gasteiger partial charge in [-0.05, 0) is 81.7 Å². The van der Waals surface area contributed by atoms with Crippen molar-refractivity contribution in [3.8, 4) is 22.4 Å². The molecule has 0 spiro atoms. The van der Waals surface area contributed by atoms with E-state index in [0.29, 0.717) is 5.56 Å². The summed E-state index contributed by atoms with van der Waals surface area (Å²) in [5.74, 6) is 0. The number of hydrogen-bond acceptors (Lipinski definition) is 0. The Bertz CT molecular complexity index is 1510. The van der Waals surface area contributed by atoms with Gasteiger partial charge >= 0.3 is 0 Å². The monoisotopic (exact) mass is 423 g/mol. The van der Waals surface area contributed by atoms with Crippen LogP contribution in [0, 0.1) is 20.7 Å². The molecule has 1 nitrogen and oxygen atoms in total. The molecule has 1 heteroatoms. The summed E-state index contributed by atoms with van der Waals surface area (Å²) in [6.07, 6.45) is 1.77. The van der Waals surface area contributed by atoms with Crippen molar-refractivity contribution >= 4 is 10.8 Å². The highest BCUT2D eigenvalue weighted by molar-refractivity contribution is 6.01. The predicted molar refractivity (Wildman–Crippen MR) is 136 cm³/mol. The first-order valence-electron chi connectivity index (χ1n) is 12.9. The molecule has 5 rings (SSSR count). The lowest BCUT2D eigenvalue weighted by atomic mass is 9.54. The van der Waals surface area contributed by atoms with Gasteiger partial charge in [0.15, 0.2) is 6.20 Å². The Balaban J connectivity index is 1.84. The standard InChI is InChI=1S/C31H34N/c1-19-17-27(32(8)18-20(19)2)23-14-15-25-28-24-12-10-9-11-22(24)13-16-26(28)30(4,5)31(6,7)29(25)21(23)3/h9-18H,1-8H3/q+1/i2D3. The molecule has 4 aromatic rings. The number of benzene rings is 3. The summed E-state index contributed by atoms with van der Waals surface area (Å²) < 4.78 is 25.7. The van der Waals surface area contributed by atoms with E-state index in [1.54, 1.807) is 6.20 Å². The molecule has 1 aliphatic carbocycles. The van der Waals surface area contributed by atoms with Crippen molar-refractivity contribution in [2.45, 2.75) is 59.2 Å². The van der Waals surface area contributed by atoms with E-state index < -0.39 is 6.85 Å². The number of hydrogen-bond donors (Lipinski definition) is 0. The summed E-state index contributed by atoms with van der Waals surface area (Å²) in [6.45, 7) is 11.5. The van der Waals surface area contributed by atoms with Gasteiger partial charge in [-0.15, -0.1) is 0 Å². The zero-order valence-electron chi connectivity index (χ0n) is 23.2. The highest BCUT2D eigenvalue weighted by Crippen LogP contribution is 2.57. The first-order chi connectivity index (χ1) is 16.3. The maximum Gasteiger partial charge on any atom is 0.212 e. The first-order valence-corrected chi connectivity index (χ1v) is 11.4. The zero-order chi connectivity index (χ0) is 25.5. The smallest absolute Gasteiger partial charge is 0.201 e. The fraction of sp³-hybridized carbons (Fsp3) is 0.323. The SMILES string of the molecule is [2H]C([2H])([2H])c1c[n+](C)c(-c2ccc3c(c2C)C(C)(C)C(C)(C)c2ccc4ccccc4c2-3)cc1C. The van der Waals surface area contributed by atoms with Crippen LogP contribution in [0.4, 0.5) is 0 Å². The second kappa shape index (κ2) is 6.78. The fourth-order valence-corrected chi connectivity index (χ4v) is 5.75. The van der Waals surface area contributed by atoms with E-state index in [1.807, 2.05) is 24.6 Å². The highest BCUT2D eigenvalue weighted by Gasteiger charge is 2.47. The van der Waals surface area contributed by atoms with Gasteiger partial charge in [-0.3, -0.25) is 0 Å². The Morgan fingerprint density at radius 1 is 0.812 bits per heavy atom. The van der Waals surface area contributed by atoms with Crippen molar-refractivity contribution in [1.29, 1.82) is 0 Å². The summed E-state index contributed by atoms with van der Waals surface area (Å²) in [5.41, 5.74) is 9.88. The highest BCUT2D eigenvalue weighted by atomic mass is 14.9. The fourth-order valence-electron chi connectivity index (χ4n) is 5.75. The topological polar surface area (TPSA) is 3.88 Å². The quantitative estimate of drug-likeness (QED) is 0.279. The van der Waals surface area contributed by atoms with Crippen LogP contribution in [0.15, 0.2) is 60.8 Å². The third kappa shape index (κ3) is 2.67. The Morgan fingerprint density at radius 2 is 1.53 bits per heavy atom. The van der Waals surface area contributed by atoms with Crippen LogP contribution in [0.3, 0.4) is 0 Å². The predicted octanol–water partition coefficient (Wildman–Crippen LogP) is 7.49. The molecule has 0 saturated heterocycles. The van der Waals surface area contributed by atoms with Crippen molar-refractivity contribution in [3.63, 3.8) is 0 Å². The molecular formula is C31H34N+. The van der Waals surface area contributed by atoms with Gasteiger partial charge in [0.1, 0.15) is 7.05 Å². The van der Waals surface area contributed by atoms with Crippen LogP contribution in [0.2, 0.25) is 0 Å². The molecule has 0 bridgehead atoms. The summed E-state index contributed by atoms with van der Waals surface area (Å²) in [7, 11) is 1.95. The van der Waals surface area contributed by atoms with E-state index in [9.17, 15) is 0 Å². The minimum Gasteiger partial charge on any atom is -0.201 e. The number of aromatic nitrogens is 1. The van der Waals surface area contributed by atoms with E-state index in [0.717, 1.165) is 16.8 Å². The number of aryl methyl sites for hydroxylation is 3. The Kier molecular flexibility index (Phi) is 3.73. The Morgan fingerprint density at radius 3 is 2.28 bits per heavy atom. The van der Waals surface area contributed by atoms with Crippen LogP contribution in [-0.4, -0.2) is 0 Å². The van der Waals surface area contributed by atoms with Crippen LogP contribution in [0.1, 0.15) is 59.6 Å². The van der Waals surface area contributed by atoms with E-state index in [-0.39, 0.29) is 10.8 Å². The van der Waals surface area contributed by atoms with Crippen LogP contribution >= 0.6 is 0 Å². The van der Waals surface area contributed by atoms with Gasteiger partial charge in [0, 0.05) is 21.3 Å². The molecule has 0 saturated carbocycles. The largest absolute Gasteiger partial charge is 0.212 e. The average Bonchev–Trinajstić information content (AvgIpc) is 2.77. The van der Waals surface area contributed by atoms with Crippen LogP contribution < -0.4 is 4.57 Å². The lowest BCUT2D eigenvalue weighted by Gasteiger charge is -2.49. The van der Waals surface area contributed by atoms with Gasteiger partial charge < -0.3 is 0 Å². The summed E-state index contributed by atoms with van der Waals surface area (Å²) in [6, 6.07) is 19.8. The van der Waals surface area contributed by atoms with E-state index >= 15 is 0 Å². The van der Waals surface area contributed by atoms with Gasteiger partial charge in [0.2, 0.25) is 5.69 Å². The molecule has 0 amide bonds. The maximum absolute atomic E-state index is 7.90. The van der Waals surface area contributed by atoms with Gasteiger partial charge in [-0.1, -0.05) is 70.2 Å². The summed E-state index contributed by atoms with van der Waals surface area (Å²) in [4.78, 5) is 0. The molecule has 1 heterocycles. The van der Waals surface area contributed by atoms with Crippen molar-refractivity contribution in [2.24, 2.45) is 7.05 Å². The van der Waals surface area contributed by atoms with Crippen molar-refractivity contribution in [2.75, 3.05) is 0 Å². The third-order valence-electron chi connectivity index (χ3n) is 8.28. The van der Waals surface area contributed by atoms with Gasteiger partial charge in [0.05, 0.1) is 0 Å². The van der Waals surface area contributed by atoms with Gasteiger partial charge in [-0.2, -0.15) is 0 Å². The van der Waals surface area contributed by atoms with E-state index in [2.05, 4.69) is 83.1 Å². The molecular weight excluding hydrogens is 386 g/mol. The van der Waals surface area contributed by atoms with E-state index in [1.165, 1.54) is 38.6 Å². The first kappa shape index (κ1) is 17.6. The minimum absolute atomic E-state index is 0.0774. The number of pyridine rings is 1. The van der Waals surface area contributed by atoms with Gasteiger partial charge in [-0.25, -0.2) is 4.57 Å². The lowest BCUT2D eigenvalue weighted by molar-refractivity contribution is -0.660. The molecule has 3 aromatic carbocycles. The number of nitrogens with zero attached hydrogens (tertiary/aromatic N) is 1. The zero-order valence-corrected chi connectivity index (χ0v) is 20.2. The second-order valence-electron chi connectivity index (χ2n) is 10.5.